The van der Waals surface area contributed by atoms with Crippen LogP contribution in [0.25, 0.3) is 0 Å². The number of nitrogens with one attached hydrogen (secondary N) is 1. The molecule has 0 spiro atoms. The van der Waals surface area contributed by atoms with Crippen molar-refractivity contribution >= 4 is 21.4 Å². The van der Waals surface area contributed by atoms with Crippen molar-refractivity contribution in [2.24, 2.45) is 5.73 Å². The first-order valence-electron chi connectivity index (χ1n) is 6.26. The van der Waals surface area contributed by atoms with Crippen molar-refractivity contribution in [1.29, 1.82) is 0 Å². The third-order valence-electron chi connectivity index (χ3n) is 2.63. The third kappa shape index (κ3) is 5.85. The van der Waals surface area contributed by atoms with Crippen molar-refractivity contribution in [1.82, 2.24) is 0 Å². The molecule has 5 nitrogen and oxygen atoms in total. The van der Waals surface area contributed by atoms with Crippen LogP contribution in [0.3, 0.4) is 0 Å². The van der Waals surface area contributed by atoms with Gasteiger partial charge in [0.05, 0.1) is 5.75 Å². The molecule has 6 heteroatoms. The Morgan fingerprint density at radius 1 is 1.21 bits per heavy atom. The van der Waals surface area contributed by atoms with Gasteiger partial charge in [-0.1, -0.05) is 19.1 Å². The number of hydrogen-bond donors (Lipinski definition) is 2. The fraction of sp³-hybridized carbons (Fsp3) is 0.462. The van der Waals surface area contributed by atoms with Gasteiger partial charge in [-0.25, -0.2) is 8.42 Å². The Bertz CT molecular complexity index is 509. The summed E-state index contributed by atoms with van der Waals surface area (Å²) >= 11 is 0. The number of carbonyl (C=O) groups is 1. The molecule has 19 heavy (non-hydrogen) atoms. The van der Waals surface area contributed by atoms with Crippen LogP contribution >= 0.6 is 0 Å². The molecule has 0 saturated heterocycles. The first-order valence-corrected chi connectivity index (χ1v) is 8.08. The quantitative estimate of drug-likeness (QED) is 0.789. The van der Waals surface area contributed by atoms with Crippen LogP contribution in [0.15, 0.2) is 24.3 Å². The summed E-state index contributed by atoms with van der Waals surface area (Å²) in [5, 5.41) is 2.66. The largest absolute Gasteiger partial charge is 0.326 e. The molecule has 1 aromatic carbocycles. The van der Waals surface area contributed by atoms with Crippen LogP contribution in [0.4, 0.5) is 5.69 Å². The molecule has 0 aliphatic carbocycles. The van der Waals surface area contributed by atoms with Gasteiger partial charge < -0.3 is 11.1 Å². The predicted molar refractivity (Wildman–Crippen MR) is 76.5 cm³/mol. The van der Waals surface area contributed by atoms with Crippen LogP contribution in [0.1, 0.15) is 25.3 Å². The van der Waals surface area contributed by atoms with E-state index < -0.39 is 9.84 Å². The Balaban J connectivity index is 2.46. The molecule has 0 radical (unpaired) electrons. The number of rotatable bonds is 7. The zero-order chi connectivity index (χ0) is 14.3. The molecule has 0 bridgehead atoms. The molecular formula is C13H20N2O3S. The van der Waals surface area contributed by atoms with Crippen LogP contribution in [0.5, 0.6) is 0 Å². The molecule has 1 rings (SSSR count). The van der Waals surface area contributed by atoms with Gasteiger partial charge in [-0.3, -0.25) is 4.79 Å². The Hall–Kier alpha value is -1.40. The second-order valence-electron chi connectivity index (χ2n) is 4.35. The second kappa shape index (κ2) is 7.25. The standard InChI is InChI=1S/C13H20N2O3S/c1-2-8-19(17,18)9-7-13(16)15-12-5-3-11(10-14)4-6-12/h3-6H,2,7-10,14H2,1H3,(H,15,16). The molecule has 0 unspecified atom stereocenters. The highest BCUT2D eigenvalue weighted by atomic mass is 32.2. The molecule has 0 fully saturated rings. The van der Waals surface area contributed by atoms with Gasteiger partial charge in [0, 0.05) is 24.4 Å². The maximum Gasteiger partial charge on any atom is 0.225 e. The first-order chi connectivity index (χ1) is 8.96. The topological polar surface area (TPSA) is 89.3 Å². The van der Waals surface area contributed by atoms with Gasteiger partial charge in [0.2, 0.25) is 5.91 Å². The van der Waals surface area contributed by atoms with E-state index >= 15 is 0 Å². The molecular weight excluding hydrogens is 264 g/mol. The van der Waals surface area contributed by atoms with Crippen molar-refractivity contribution in [3.05, 3.63) is 29.8 Å². The fourth-order valence-electron chi connectivity index (χ4n) is 1.61. The van der Waals surface area contributed by atoms with Gasteiger partial charge in [-0.05, 0) is 24.1 Å². The molecule has 0 aliphatic rings. The SMILES string of the molecule is CCCS(=O)(=O)CCC(=O)Nc1ccc(CN)cc1. The van der Waals surface area contributed by atoms with Crippen molar-refractivity contribution in [2.45, 2.75) is 26.3 Å². The number of sulfone groups is 1. The monoisotopic (exact) mass is 284 g/mol. The summed E-state index contributed by atoms with van der Waals surface area (Å²) in [6, 6.07) is 7.15. The van der Waals surface area contributed by atoms with Gasteiger partial charge in [0.1, 0.15) is 0 Å². The first kappa shape index (κ1) is 15.7. The summed E-state index contributed by atoms with van der Waals surface area (Å²) in [6.07, 6.45) is 0.561. The number of benzene rings is 1. The molecule has 0 aromatic heterocycles. The highest BCUT2D eigenvalue weighted by Gasteiger charge is 2.12. The Morgan fingerprint density at radius 3 is 2.37 bits per heavy atom. The lowest BCUT2D eigenvalue weighted by atomic mass is 10.2. The van der Waals surface area contributed by atoms with E-state index in [1.807, 2.05) is 12.1 Å². The lowest BCUT2D eigenvalue weighted by molar-refractivity contribution is -0.115. The summed E-state index contributed by atoms with van der Waals surface area (Å²) in [5.41, 5.74) is 7.09. The van der Waals surface area contributed by atoms with E-state index in [1.54, 1.807) is 19.1 Å². The summed E-state index contributed by atoms with van der Waals surface area (Å²) in [4.78, 5) is 11.6. The van der Waals surface area contributed by atoms with Gasteiger partial charge in [-0.15, -0.1) is 0 Å². The van der Waals surface area contributed by atoms with E-state index in [0.717, 1.165) is 5.56 Å². The summed E-state index contributed by atoms with van der Waals surface area (Å²) in [5.74, 6) is -0.265. The minimum Gasteiger partial charge on any atom is -0.326 e. The second-order valence-corrected chi connectivity index (χ2v) is 6.65. The lowest BCUT2D eigenvalue weighted by Crippen LogP contribution is -2.18. The number of hydrogen-bond acceptors (Lipinski definition) is 4. The maximum atomic E-state index is 11.6. The van der Waals surface area contributed by atoms with E-state index in [9.17, 15) is 13.2 Å². The molecule has 0 heterocycles. The highest BCUT2D eigenvalue weighted by Crippen LogP contribution is 2.09. The summed E-state index contributed by atoms with van der Waals surface area (Å²) < 4.78 is 23.0. The number of anilines is 1. The average molecular weight is 284 g/mol. The molecule has 0 aliphatic heterocycles. The normalized spacial score (nSPS) is 11.3. The Morgan fingerprint density at radius 2 is 1.84 bits per heavy atom. The predicted octanol–water partition coefficient (Wildman–Crippen LogP) is 1.30. The maximum absolute atomic E-state index is 11.6. The van der Waals surface area contributed by atoms with Crippen molar-refractivity contribution in [3.8, 4) is 0 Å². The van der Waals surface area contributed by atoms with Crippen LogP contribution in [0, 0.1) is 0 Å². The van der Waals surface area contributed by atoms with E-state index in [-0.39, 0.29) is 23.8 Å². The smallest absolute Gasteiger partial charge is 0.225 e. The number of amides is 1. The van der Waals surface area contributed by atoms with Crippen molar-refractivity contribution in [3.63, 3.8) is 0 Å². The van der Waals surface area contributed by atoms with Gasteiger partial charge in [0.25, 0.3) is 0 Å². The molecule has 1 amide bonds. The molecule has 0 saturated carbocycles. The average Bonchev–Trinajstić information content (AvgIpc) is 2.37. The molecule has 0 atom stereocenters. The number of nitrogens with two attached hydrogens (primary N) is 1. The third-order valence-corrected chi connectivity index (χ3v) is 4.49. The van der Waals surface area contributed by atoms with E-state index in [1.165, 1.54) is 0 Å². The van der Waals surface area contributed by atoms with Crippen molar-refractivity contribution < 1.29 is 13.2 Å². The highest BCUT2D eigenvalue weighted by molar-refractivity contribution is 7.91. The summed E-state index contributed by atoms with van der Waals surface area (Å²) in [7, 11) is -3.11. The van der Waals surface area contributed by atoms with Crippen LogP contribution in [-0.2, 0) is 21.2 Å². The minimum atomic E-state index is -3.11. The van der Waals surface area contributed by atoms with Crippen LogP contribution in [-0.4, -0.2) is 25.8 Å². The fourth-order valence-corrected chi connectivity index (χ4v) is 2.93. The van der Waals surface area contributed by atoms with Gasteiger partial charge in [-0.2, -0.15) is 0 Å². The lowest BCUT2D eigenvalue weighted by Gasteiger charge is -2.06. The Labute approximate surface area is 114 Å². The molecule has 3 N–H and O–H groups in total. The number of carbonyl (C=O) groups excluding carboxylic acids is 1. The molecule has 1 aromatic rings. The van der Waals surface area contributed by atoms with Gasteiger partial charge in [0.15, 0.2) is 9.84 Å². The Kier molecular flexibility index (Phi) is 5.98. The van der Waals surface area contributed by atoms with E-state index in [0.29, 0.717) is 18.7 Å². The summed E-state index contributed by atoms with van der Waals surface area (Å²) in [6.45, 7) is 2.25. The zero-order valence-electron chi connectivity index (χ0n) is 11.1. The minimum absolute atomic E-state index is 0.0129. The van der Waals surface area contributed by atoms with E-state index in [4.69, 9.17) is 5.73 Å². The van der Waals surface area contributed by atoms with Crippen LogP contribution in [0.2, 0.25) is 0 Å². The molecule has 106 valence electrons. The van der Waals surface area contributed by atoms with E-state index in [2.05, 4.69) is 5.32 Å². The van der Waals surface area contributed by atoms with Crippen LogP contribution < -0.4 is 11.1 Å². The van der Waals surface area contributed by atoms with Gasteiger partial charge >= 0.3 is 0 Å². The zero-order valence-corrected chi connectivity index (χ0v) is 11.9. The van der Waals surface area contributed by atoms with Crippen molar-refractivity contribution in [2.75, 3.05) is 16.8 Å².